The Hall–Kier alpha value is -2.14. The molecule has 2 aromatic rings. The molecule has 2 bridgehead atoms. The second-order valence-corrected chi connectivity index (χ2v) is 8.63. The van der Waals surface area contributed by atoms with Crippen molar-refractivity contribution in [3.8, 4) is 0 Å². The fraction of sp³-hybridized carbons (Fsp3) is 0.545. The highest BCUT2D eigenvalue weighted by atomic mass is 16.2. The summed E-state index contributed by atoms with van der Waals surface area (Å²) in [5.74, 6) is 1.20. The first-order valence-electron chi connectivity index (χ1n) is 10.3. The average Bonchev–Trinajstić information content (AvgIpc) is 3.36. The molecular formula is C22H28N4O. The summed E-state index contributed by atoms with van der Waals surface area (Å²) in [6, 6.07) is 11.9. The number of aromatic nitrogens is 2. The summed E-state index contributed by atoms with van der Waals surface area (Å²) in [6.07, 6.45) is 6.10. The molecule has 3 atom stereocenters. The van der Waals surface area contributed by atoms with Gasteiger partial charge < -0.3 is 4.90 Å². The lowest BCUT2D eigenvalue weighted by atomic mass is 9.75. The molecular weight excluding hydrogens is 336 g/mol. The van der Waals surface area contributed by atoms with Gasteiger partial charge in [0.25, 0.3) is 5.91 Å². The fourth-order valence-electron chi connectivity index (χ4n) is 5.54. The molecule has 4 saturated heterocycles. The molecule has 27 heavy (non-hydrogen) atoms. The molecule has 0 aliphatic carbocycles. The van der Waals surface area contributed by atoms with Crippen LogP contribution in [0.2, 0.25) is 0 Å². The number of likely N-dealkylation sites (tertiary alicyclic amines) is 1. The Morgan fingerprint density at radius 3 is 2.52 bits per heavy atom. The Bertz CT molecular complexity index is 822. The van der Waals surface area contributed by atoms with Crippen LogP contribution in [0.3, 0.4) is 0 Å². The molecule has 1 aromatic carbocycles. The zero-order valence-corrected chi connectivity index (χ0v) is 16.2. The molecule has 0 spiro atoms. The van der Waals surface area contributed by atoms with E-state index in [-0.39, 0.29) is 11.9 Å². The monoisotopic (exact) mass is 364 g/mol. The van der Waals surface area contributed by atoms with Crippen molar-refractivity contribution < 1.29 is 4.79 Å². The second kappa shape index (κ2) is 6.48. The number of carbonyl (C=O) groups excluding carboxylic acids is 1. The summed E-state index contributed by atoms with van der Waals surface area (Å²) in [7, 11) is 0. The van der Waals surface area contributed by atoms with Crippen LogP contribution in [0, 0.1) is 5.92 Å². The van der Waals surface area contributed by atoms with Crippen LogP contribution in [0.15, 0.2) is 42.7 Å². The predicted octanol–water partition coefficient (Wildman–Crippen LogP) is 3.17. The van der Waals surface area contributed by atoms with E-state index in [4.69, 9.17) is 0 Å². The number of carbonyl (C=O) groups is 1. The van der Waals surface area contributed by atoms with Crippen LogP contribution < -0.4 is 0 Å². The van der Waals surface area contributed by atoms with Crippen molar-refractivity contribution in [2.75, 3.05) is 19.6 Å². The standard InChI is InChI=1S/C22H28N4O/c1-15(2)26-13-18(12-23-26)22(27)25-14-19(16-6-4-3-5-7-16)21-20(25)17-8-10-24(21)11-9-17/h3-7,12-13,15,17,19-21H,8-11,14H2,1-2H3/t19-,20+,21+/m0/s1. The maximum atomic E-state index is 13.4. The van der Waals surface area contributed by atoms with Gasteiger partial charge in [0.15, 0.2) is 0 Å². The predicted molar refractivity (Wildman–Crippen MR) is 105 cm³/mol. The molecule has 1 aromatic heterocycles. The number of piperidine rings is 3. The molecule has 5 heterocycles. The lowest BCUT2D eigenvalue weighted by Crippen LogP contribution is -2.60. The van der Waals surface area contributed by atoms with E-state index in [9.17, 15) is 4.79 Å². The first-order chi connectivity index (χ1) is 13.1. The number of hydrogen-bond acceptors (Lipinski definition) is 3. The minimum Gasteiger partial charge on any atom is -0.333 e. The van der Waals surface area contributed by atoms with Crippen LogP contribution in [0.4, 0.5) is 0 Å². The van der Waals surface area contributed by atoms with Crippen molar-refractivity contribution in [1.29, 1.82) is 0 Å². The smallest absolute Gasteiger partial charge is 0.257 e. The maximum Gasteiger partial charge on any atom is 0.257 e. The van der Waals surface area contributed by atoms with Gasteiger partial charge in [-0.2, -0.15) is 5.10 Å². The lowest BCUT2D eigenvalue weighted by Gasteiger charge is -2.51. The van der Waals surface area contributed by atoms with E-state index >= 15 is 0 Å². The first-order valence-corrected chi connectivity index (χ1v) is 10.3. The summed E-state index contributed by atoms with van der Waals surface area (Å²) in [5.41, 5.74) is 2.10. The first kappa shape index (κ1) is 17.0. The highest BCUT2D eigenvalue weighted by Gasteiger charge is 2.54. The Morgan fingerprint density at radius 1 is 1.11 bits per heavy atom. The van der Waals surface area contributed by atoms with Crippen LogP contribution in [0.1, 0.15) is 54.6 Å². The summed E-state index contributed by atoms with van der Waals surface area (Å²) in [6.45, 7) is 7.36. The molecule has 1 amide bonds. The zero-order valence-electron chi connectivity index (χ0n) is 16.2. The highest BCUT2D eigenvalue weighted by Crippen LogP contribution is 2.46. The topological polar surface area (TPSA) is 41.4 Å². The summed E-state index contributed by atoms with van der Waals surface area (Å²) in [5, 5.41) is 4.40. The molecule has 4 fully saturated rings. The minimum atomic E-state index is 0.157. The molecule has 4 aliphatic rings. The van der Waals surface area contributed by atoms with E-state index in [2.05, 4.69) is 59.1 Å². The zero-order chi connectivity index (χ0) is 18.5. The molecule has 6 rings (SSSR count). The van der Waals surface area contributed by atoms with Crippen molar-refractivity contribution in [3.63, 3.8) is 0 Å². The third-order valence-corrected chi connectivity index (χ3v) is 6.86. The lowest BCUT2D eigenvalue weighted by molar-refractivity contribution is -0.00341. The van der Waals surface area contributed by atoms with E-state index in [0.29, 0.717) is 23.9 Å². The Balaban J connectivity index is 1.49. The minimum absolute atomic E-state index is 0.157. The Labute approximate surface area is 161 Å². The third-order valence-electron chi connectivity index (χ3n) is 6.86. The third kappa shape index (κ3) is 2.71. The molecule has 4 aliphatic heterocycles. The van der Waals surface area contributed by atoms with Crippen molar-refractivity contribution in [2.24, 2.45) is 5.92 Å². The molecule has 5 heteroatoms. The molecule has 0 radical (unpaired) electrons. The number of benzene rings is 1. The quantitative estimate of drug-likeness (QED) is 0.840. The normalized spacial score (nSPS) is 32.1. The number of hydrogen-bond donors (Lipinski definition) is 0. The largest absolute Gasteiger partial charge is 0.333 e. The van der Waals surface area contributed by atoms with Gasteiger partial charge in [-0.1, -0.05) is 30.3 Å². The molecule has 0 saturated carbocycles. The maximum absolute atomic E-state index is 13.4. The number of rotatable bonds is 3. The van der Waals surface area contributed by atoms with Gasteiger partial charge in [0.1, 0.15) is 0 Å². The molecule has 142 valence electrons. The SMILES string of the molecule is CC(C)n1cc(C(=O)N2C[C@@H](c3ccccc3)[C@@H]3[C@H]2C2CCN3CC2)cn1. The second-order valence-electron chi connectivity index (χ2n) is 8.63. The van der Waals surface area contributed by atoms with Crippen LogP contribution >= 0.6 is 0 Å². The van der Waals surface area contributed by atoms with E-state index in [1.165, 1.54) is 31.5 Å². The summed E-state index contributed by atoms with van der Waals surface area (Å²) < 4.78 is 1.88. The van der Waals surface area contributed by atoms with Crippen LogP contribution in [0.5, 0.6) is 0 Å². The molecule has 0 N–H and O–H groups in total. The number of nitrogens with zero attached hydrogens (tertiary/aromatic N) is 4. The summed E-state index contributed by atoms with van der Waals surface area (Å²) in [4.78, 5) is 18.3. The van der Waals surface area contributed by atoms with E-state index in [1.807, 2.05) is 10.9 Å². The summed E-state index contributed by atoms with van der Waals surface area (Å²) >= 11 is 0. The van der Waals surface area contributed by atoms with Gasteiger partial charge in [-0.3, -0.25) is 14.4 Å². The van der Waals surface area contributed by atoms with Gasteiger partial charge in [-0.25, -0.2) is 0 Å². The molecule has 0 unspecified atom stereocenters. The fourth-order valence-corrected chi connectivity index (χ4v) is 5.54. The Morgan fingerprint density at radius 2 is 1.85 bits per heavy atom. The number of fused-ring (bicyclic) bond motifs is 2. The van der Waals surface area contributed by atoms with E-state index < -0.39 is 0 Å². The van der Waals surface area contributed by atoms with Crippen LogP contribution in [0.25, 0.3) is 0 Å². The van der Waals surface area contributed by atoms with Crippen molar-refractivity contribution >= 4 is 5.91 Å². The van der Waals surface area contributed by atoms with Crippen LogP contribution in [-0.4, -0.2) is 57.2 Å². The highest BCUT2D eigenvalue weighted by molar-refractivity contribution is 5.94. The van der Waals surface area contributed by atoms with Gasteiger partial charge in [-0.05, 0) is 51.3 Å². The van der Waals surface area contributed by atoms with Gasteiger partial charge in [0.05, 0.1) is 17.8 Å². The van der Waals surface area contributed by atoms with Crippen molar-refractivity contribution in [3.05, 3.63) is 53.9 Å². The number of amides is 1. The van der Waals surface area contributed by atoms with Crippen LogP contribution in [-0.2, 0) is 0 Å². The molecule has 5 nitrogen and oxygen atoms in total. The van der Waals surface area contributed by atoms with Crippen molar-refractivity contribution in [1.82, 2.24) is 19.6 Å². The van der Waals surface area contributed by atoms with Gasteiger partial charge in [0.2, 0.25) is 0 Å². The van der Waals surface area contributed by atoms with E-state index in [0.717, 1.165) is 12.1 Å². The average molecular weight is 364 g/mol. The van der Waals surface area contributed by atoms with Gasteiger partial charge in [0, 0.05) is 30.7 Å². The van der Waals surface area contributed by atoms with Gasteiger partial charge in [-0.15, -0.1) is 0 Å². The van der Waals surface area contributed by atoms with Gasteiger partial charge >= 0.3 is 0 Å². The Kier molecular flexibility index (Phi) is 4.08. The van der Waals surface area contributed by atoms with Crippen molar-refractivity contribution in [2.45, 2.75) is 50.7 Å². The van der Waals surface area contributed by atoms with E-state index in [1.54, 1.807) is 6.20 Å².